The molecule has 4 rings (SSSR count). The molecule has 2 aromatic rings. The molecule has 0 spiro atoms. The van der Waals surface area contributed by atoms with Crippen LogP contribution in [0.15, 0.2) is 12.1 Å². The van der Waals surface area contributed by atoms with Crippen LogP contribution in [0, 0.1) is 10.1 Å². The first kappa shape index (κ1) is 19.2. The first-order valence-electron chi connectivity index (χ1n) is 9.61. The number of nitro benzene ring substituents is 1. The van der Waals surface area contributed by atoms with Crippen molar-refractivity contribution in [3.8, 4) is 0 Å². The van der Waals surface area contributed by atoms with Gasteiger partial charge in [0.05, 0.1) is 16.7 Å². The summed E-state index contributed by atoms with van der Waals surface area (Å²) in [6, 6.07) is 2.86. The van der Waals surface area contributed by atoms with E-state index in [0.717, 1.165) is 37.7 Å². The van der Waals surface area contributed by atoms with Crippen molar-refractivity contribution >= 4 is 34.4 Å². The Hall–Kier alpha value is -2.17. The van der Waals surface area contributed by atoms with Crippen molar-refractivity contribution < 1.29 is 14.5 Å². The Morgan fingerprint density at radius 1 is 1.25 bits per heavy atom. The predicted octanol–water partition coefficient (Wildman–Crippen LogP) is 2.36. The second kappa shape index (κ2) is 8.06. The van der Waals surface area contributed by atoms with E-state index in [2.05, 4.69) is 19.0 Å². The van der Waals surface area contributed by atoms with Crippen molar-refractivity contribution in [2.75, 3.05) is 32.8 Å². The highest BCUT2D eigenvalue weighted by molar-refractivity contribution is 7.00. The van der Waals surface area contributed by atoms with E-state index in [0.29, 0.717) is 25.3 Å². The number of nitrogens with zero attached hydrogens (tertiary/aromatic N) is 4. The van der Waals surface area contributed by atoms with Gasteiger partial charge in [-0.15, -0.1) is 0 Å². The molecule has 1 amide bonds. The smallest absolute Gasteiger partial charge is 0.299 e. The Morgan fingerprint density at radius 2 is 2.00 bits per heavy atom. The van der Waals surface area contributed by atoms with E-state index in [1.165, 1.54) is 25.3 Å². The molecule has 0 unspecified atom stereocenters. The van der Waals surface area contributed by atoms with Gasteiger partial charge >= 0.3 is 0 Å². The van der Waals surface area contributed by atoms with Crippen LogP contribution < -0.4 is 5.32 Å². The zero-order valence-corrected chi connectivity index (χ0v) is 16.4. The summed E-state index contributed by atoms with van der Waals surface area (Å²) >= 11 is 0.902. The van der Waals surface area contributed by atoms with Crippen molar-refractivity contribution in [1.29, 1.82) is 0 Å². The van der Waals surface area contributed by atoms with Crippen molar-refractivity contribution in [1.82, 2.24) is 19.0 Å². The lowest BCUT2D eigenvalue weighted by atomic mass is 9.86. The molecule has 0 saturated carbocycles. The van der Waals surface area contributed by atoms with Gasteiger partial charge in [0.15, 0.2) is 5.52 Å². The third-order valence-electron chi connectivity index (χ3n) is 5.83. The molecule has 150 valence electrons. The summed E-state index contributed by atoms with van der Waals surface area (Å²) in [5.41, 5.74) is 0.551. The molecule has 2 fully saturated rings. The number of amides is 1. The maximum Gasteiger partial charge on any atom is 0.299 e. The van der Waals surface area contributed by atoms with Gasteiger partial charge in [0, 0.05) is 36.9 Å². The van der Waals surface area contributed by atoms with Crippen LogP contribution in [0.5, 0.6) is 0 Å². The van der Waals surface area contributed by atoms with Crippen LogP contribution in [0.4, 0.5) is 5.69 Å². The molecule has 2 aliphatic rings. The third-order valence-corrected chi connectivity index (χ3v) is 6.37. The summed E-state index contributed by atoms with van der Waals surface area (Å²) in [5.74, 6) is -0.319. The van der Waals surface area contributed by atoms with E-state index in [1.807, 2.05) is 0 Å². The van der Waals surface area contributed by atoms with Crippen LogP contribution in [-0.2, 0) is 4.74 Å². The zero-order chi connectivity index (χ0) is 19.6. The molecule has 10 heteroatoms. The number of ether oxygens (including phenoxy) is 1. The van der Waals surface area contributed by atoms with Crippen molar-refractivity contribution in [2.45, 2.75) is 37.6 Å². The molecule has 3 heterocycles. The fraction of sp³-hybridized carbons (Fsp3) is 0.611. The fourth-order valence-corrected chi connectivity index (χ4v) is 4.75. The van der Waals surface area contributed by atoms with Gasteiger partial charge in [-0.05, 0) is 44.8 Å². The van der Waals surface area contributed by atoms with E-state index in [-0.39, 0.29) is 28.2 Å². The number of carbonyl (C=O) groups excluding carboxylic acids is 1. The first-order chi connectivity index (χ1) is 13.6. The number of aromatic nitrogens is 2. The molecule has 28 heavy (non-hydrogen) atoms. The van der Waals surface area contributed by atoms with Crippen LogP contribution in [0.1, 0.15) is 42.5 Å². The van der Waals surface area contributed by atoms with Crippen LogP contribution in [0.3, 0.4) is 0 Å². The summed E-state index contributed by atoms with van der Waals surface area (Å²) in [7, 11) is 0. The highest BCUT2D eigenvalue weighted by atomic mass is 32.1. The Kier molecular flexibility index (Phi) is 5.51. The number of carbonyl (C=O) groups is 1. The average Bonchev–Trinajstić information content (AvgIpc) is 3.21. The number of piperidine rings is 1. The van der Waals surface area contributed by atoms with Gasteiger partial charge in [0.2, 0.25) is 0 Å². The van der Waals surface area contributed by atoms with E-state index in [9.17, 15) is 14.9 Å². The third kappa shape index (κ3) is 3.71. The molecule has 9 nitrogen and oxygen atoms in total. The SMILES string of the molecule is O=C(NCC1(N2CCCCC2)CCOCC1)c1cc([N+](=O)[O-])c2nsnc2c1. The highest BCUT2D eigenvalue weighted by Crippen LogP contribution is 2.31. The number of fused-ring (bicyclic) bond motifs is 1. The second-order valence-electron chi connectivity index (χ2n) is 7.45. The number of nitro groups is 1. The van der Waals surface area contributed by atoms with Crippen LogP contribution >= 0.6 is 11.7 Å². The lowest BCUT2D eigenvalue weighted by Gasteiger charge is -2.48. The Bertz CT molecular complexity index is 874. The van der Waals surface area contributed by atoms with Gasteiger partial charge in [-0.3, -0.25) is 19.8 Å². The van der Waals surface area contributed by atoms with Crippen molar-refractivity contribution in [3.63, 3.8) is 0 Å². The second-order valence-corrected chi connectivity index (χ2v) is 7.98. The molecule has 1 aromatic carbocycles. The van der Waals surface area contributed by atoms with Crippen molar-refractivity contribution in [2.24, 2.45) is 0 Å². The van der Waals surface area contributed by atoms with Gasteiger partial charge in [-0.1, -0.05) is 6.42 Å². The summed E-state index contributed by atoms with van der Waals surface area (Å²) < 4.78 is 13.6. The van der Waals surface area contributed by atoms with Gasteiger partial charge in [-0.25, -0.2) is 0 Å². The first-order valence-corrected chi connectivity index (χ1v) is 10.3. The minimum Gasteiger partial charge on any atom is -0.381 e. The number of non-ortho nitro benzene ring substituents is 1. The Morgan fingerprint density at radius 3 is 2.71 bits per heavy atom. The highest BCUT2D eigenvalue weighted by Gasteiger charge is 2.39. The largest absolute Gasteiger partial charge is 0.381 e. The molecule has 0 bridgehead atoms. The topological polar surface area (TPSA) is 110 Å². The van der Waals surface area contributed by atoms with Gasteiger partial charge in [0.1, 0.15) is 5.52 Å². The Labute approximate surface area is 166 Å². The fourth-order valence-electron chi connectivity index (χ4n) is 4.21. The number of rotatable bonds is 5. The lowest BCUT2D eigenvalue weighted by Crippen LogP contribution is -2.59. The maximum absolute atomic E-state index is 12.8. The zero-order valence-electron chi connectivity index (χ0n) is 15.6. The molecule has 1 N–H and O–H groups in total. The van der Waals surface area contributed by atoms with Gasteiger partial charge in [0.25, 0.3) is 11.6 Å². The normalized spacial score (nSPS) is 20.1. The minimum atomic E-state index is -0.520. The van der Waals surface area contributed by atoms with Gasteiger partial charge in [-0.2, -0.15) is 8.75 Å². The van der Waals surface area contributed by atoms with E-state index in [4.69, 9.17) is 4.74 Å². The molecular weight excluding hydrogens is 382 g/mol. The quantitative estimate of drug-likeness (QED) is 0.600. The maximum atomic E-state index is 12.8. The Balaban J connectivity index is 1.53. The molecular formula is C18H23N5O4S. The molecule has 0 atom stereocenters. The van der Waals surface area contributed by atoms with Crippen LogP contribution in [0.25, 0.3) is 11.0 Å². The standard InChI is InChI=1S/C18H23N5O4S/c24-17(13-10-14-16(21-28-20-14)15(11-13)23(25)26)19-12-18(4-8-27-9-5-18)22-6-2-1-3-7-22/h10-11H,1-9,12H2,(H,19,24). The van der Waals surface area contributed by atoms with Crippen LogP contribution in [-0.4, -0.2) is 62.9 Å². The summed E-state index contributed by atoms with van der Waals surface area (Å²) in [6.07, 6.45) is 5.36. The predicted molar refractivity (Wildman–Crippen MR) is 105 cm³/mol. The number of likely N-dealkylation sites (tertiary alicyclic amines) is 1. The molecule has 2 saturated heterocycles. The van der Waals surface area contributed by atoms with Crippen molar-refractivity contribution in [3.05, 3.63) is 27.8 Å². The number of hydrogen-bond donors (Lipinski definition) is 1. The molecule has 0 radical (unpaired) electrons. The molecule has 0 aliphatic carbocycles. The van der Waals surface area contributed by atoms with E-state index < -0.39 is 4.92 Å². The van der Waals surface area contributed by atoms with Gasteiger partial charge < -0.3 is 10.1 Å². The summed E-state index contributed by atoms with van der Waals surface area (Å²) in [6.45, 7) is 3.97. The molecule has 2 aliphatic heterocycles. The van der Waals surface area contributed by atoms with E-state index >= 15 is 0 Å². The minimum absolute atomic E-state index is 0.105. The number of nitrogens with one attached hydrogen (secondary N) is 1. The number of hydrogen-bond acceptors (Lipinski definition) is 8. The van der Waals surface area contributed by atoms with E-state index in [1.54, 1.807) is 6.07 Å². The molecule has 1 aromatic heterocycles. The average molecular weight is 405 g/mol. The number of benzene rings is 1. The van der Waals surface area contributed by atoms with Crippen LogP contribution in [0.2, 0.25) is 0 Å². The lowest BCUT2D eigenvalue weighted by molar-refractivity contribution is -0.383. The summed E-state index contributed by atoms with van der Waals surface area (Å²) in [4.78, 5) is 26.1. The monoisotopic (exact) mass is 405 g/mol. The summed E-state index contributed by atoms with van der Waals surface area (Å²) in [5, 5.41) is 14.4.